The maximum atomic E-state index is 13.6. The van der Waals surface area contributed by atoms with Gasteiger partial charge in [0.2, 0.25) is 11.5 Å². The predicted molar refractivity (Wildman–Crippen MR) is 596 cm³/mol. The summed E-state index contributed by atoms with van der Waals surface area (Å²) >= 11 is 18.8. The van der Waals surface area contributed by atoms with Gasteiger partial charge >= 0.3 is 7.12 Å². The van der Waals surface area contributed by atoms with E-state index in [1.165, 1.54) is 24.5 Å². The number of ether oxygens (including phenoxy) is 4. The van der Waals surface area contributed by atoms with E-state index in [4.69, 9.17) is 86.2 Å². The molecular weight excluding hydrogens is 2100 g/mol. The molecule has 32 nitrogen and oxygen atoms in total. The fraction of sp³-hybridized carbons (Fsp3) is 0.303. The number of benzene rings is 2. The molecule has 4 unspecified atom stereocenters. The first-order valence-corrected chi connectivity index (χ1v) is 55.1. The summed E-state index contributed by atoms with van der Waals surface area (Å²) in [6.45, 7) is 38.7. The molecule has 0 aliphatic heterocycles. The molecule has 2 aromatic carbocycles. The van der Waals surface area contributed by atoms with Gasteiger partial charge in [-0.05, 0) is 300 Å². The average molecular weight is 2220 g/mol. The molecule has 16 aromatic heterocycles. The Bertz CT molecular complexity index is 7910. The molecule has 40 heteroatoms. The first-order chi connectivity index (χ1) is 70.6. The van der Waals surface area contributed by atoms with Crippen LogP contribution in [0.2, 0.25) is 28.2 Å². The van der Waals surface area contributed by atoms with Gasteiger partial charge in [-0.25, -0.2) is 48.6 Å². The monoisotopic (exact) mass is 2220 g/mol. The van der Waals surface area contributed by atoms with E-state index in [-0.39, 0.29) is 61.1 Å². The van der Waals surface area contributed by atoms with Crippen molar-refractivity contribution in [2.75, 3.05) is 39.3 Å². The fourth-order valence-corrected chi connectivity index (χ4v) is 18.7. The Labute approximate surface area is 894 Å². The molecule has 16 heterocycles. The molecule has 0 fully saturated rings. The smallest absolute Gasteiger partial charge is 0.423 e. The second kappa shape index (κ2) is 52.0. The number of aromatic nitrogens is 20. The Morgan fingerprint density at radius 2 is 0.846 bits per heavy atom. The van der Waals surface area contributed by atoms with Crippen LogP contribution < -0.4 is 16.6 Å². The standard InChI is InChI=1S/C30H30ClN5O2.C21H20FN5O.C21H21N5O2.C16H17BrN4O.C15H25ClO4SSi.C5H5BBrNO2.CH4/c1-5-27(22-8-7-9-25(31)15-22)35-13-11-21(17-28(35)37)24-16-26-29(23-10-12-32-19(3)14-23)34-36(20(4)38-6-2)30(26)33-18-24;1-4-28-14(3)27-21-18(20(26-27)16-6-7-23-13(2)9-16)10-17(12-25-21)15-5-8-24-19(22)11-15;1-4-28-14(3)26-21-18(20(25-26)16-6-7-22-13(2)9-16)10-17(12-24-21)15-5-8-23-19(27)11-15;1-4-22-11(3)21-16-14(8-13(17)9-19-16)15(20-21)12-5-6-18-10(2)7-12;1-15(2,3)22(5,6)19-11-14(20-21(4,17)18)12-8-7-9-13(16)10-12;7-5-3-4(6(9)10)1-2-8-5;/h7-18,20,27H,5-6H2,1-4H3;5-12,14H,4H2,1-3H3;5-12,14H,4H2,1-3H3,(H,23,27);5-9,11H,4H2,1-3H3;7-10,14H,11H2,1-6H3;1-3,9-10H;1H4/t20?,27-;;;;14-;;/m1...0../s1. The van der Waals surface area contributed by atoms with E-state index in [9.17, 15) is 22.4 Å². The Kier molecular flexibility index (Phi) is 40.1. The number of rotatable bonds is 29. The first-order valence-electron chi connectivity index (χ1n) is 48.1. The number of H-pyrrole nitrogens is 1. The summed E-state index contributed by atoms with van der Waals surface area (Å²) in [4.78, 5) is 70.8. The van der Waals surface area contributed by atoms with E-state index >= 15 is 0 Å². The fourth-order valence-electron chi connectivity index (χ4n) is 16.0. The summed E-state index contributed by atoms with van der Waals surface area (Å²) in [5, 5.41) is 41.4. The summed E-state index contributed by atoms with van der Waals surface area (Å²) in [5.41, 5.74) is 20.5. The number of fused-ring (bicyclic) bond motifs is 4. The van der Waals surface area contributed by atoms with Crippen molar-refractivity contribution in [2.24, 2.45) is 0 Å². The van der Waals surface area contributed by atoms with E-state index in [1.807, 2.05) is 208 Å². The van der Waals surface area contributed by atoms with Crippen molar-refractivity contribution in [3.63, 3.8) is 0 Å². The van der Waals surface area contributed by atoms with Crippen molar-refractivity contribution in [3.05, 3.63) is 324 Å². The predicted octanol–water partition coefficient (Wildman–Crippen LogP) is 23.8. The van der Waals surface area contributed by atoms with Gasteiger partial charge < -0.3 is 43.0 Å². The average Bonchev–Trinajstić information content (AvgIpc) is 1.62. The van der Waals surface area contributed by atoms with E-state index in [2.05, 4.69) is 122 Å². The van der Waals surface area contributed by atoms with E-state index < -0.39 is 37.6 Å². The third kappa shape index (κ3) is 29.7. The van der Waals surface area contributed by atoms with Crippen molar-refractivity contribution < 1.29 is 50.4 Å². The lowest BCUT2D eigenvalue weighted by Crippen LogP contribution is -2.42. The zero-order chi connectivity index (χ0) is 107. The van der Waals surface area contributed by atoms with E-state index in [0.29, 0.717) is 63.3 Å². The van der Waals surface area contributed by atoms with Gasteiger partial charge in [0.05, 0.1) is 18.9 Å². The van der Waals surface area contributed by atoms with Gasteiger partial charge in [-0.2, -0.15) is 33.2 Å². The van der Waals surface area contributed by atoms with Gasteiger partial charge in [0, 0.05) is 217 Å². The molecule has 0 aliphatic carbocycles. The van der Waals surface area contributed by atoms with Crippen molar-refractivity contribution in [3.8, 4) is 78.4 Å². The first kappa shape index (κ1) is 115. The second-order valence-electron chi connectivity index (χ2n) is 36.1. The minimum Gasteiger partial charge on any atom is -0.423 e. The van der Waals surface area contributed by atoms with Crippen LogP contribution in [0.3, 0.4) is 0 Å². The number of pyridine rings is 12. The lowest BCUT2D eigenvalue weighted by atomic mass is 9.81. The van der Waals surface area contributed by atoms with Gasteiger partial charge in [0.25, 0.3) is 15.7 Å². The minimum absolute atomic E-state index is 0. The quantitative estimate of drug-likeness (QED) is 0.0223. The normalized spacial score (nSPS) is 12.7. The highest BCUT2D eigenvalue weighted by Crippen LogP contribution is 2.41. The van der Waals surface area contributed by atoms with Gasteiger partial charge in [-0.15, -0.1) is 0 Å². The molecule has 6 atom stereocenters. The zero-order valence-electron chi connectivity index (χ0n) is 85.7. The lowest BCUT2D eigenvalue weighted by molar-refractivity contribution is 0.0188. The molecule has 0 saturated carbocycles. The topological polar surface area (TPSA) is 385 Å². The van der Waals surface area contributed by atoms with E-state index in [1.54, 1.807) is 118 Å². The van der Waals surface area contributed by atoms with Crippen LogP contribution in [-0.4, -0.2) is 172 Å². The van der Waals surface area contributed by atoms with Crippen LogP contribution in [0, 0.1) is 33.6 Å². The summed E-state index contributed by atoms with van der Waals surface area (Å²) < 4.78 is 81.4. The Morgan fingerprint density at radius 1 is 0.463 bits per heavy atom. The second-order valence-corrected chi connectivity index (χ2v) is 45.1. The third-order valence-electron chi connectivity index (χ3n) is 24.2. The highest BCUT2D eigenvalue weighted by molar-refractivity contribution is 9.10. The molecule has 3 N–H and O–H groups in total. The largest absolute Gasteiger partial charge is 0.488 e. The molecule has 0 bridgehead atoms. The number of aryl methyl sites for hydroxylation is 4. The molecule has 0 radical (unpaired) electrons. The maximum Gasteiger partial charge on any atom is 0.488 e. The minimum atomic E-state index is -3.60. The zero-order valence-corrected chi connectivity index (χ0v) is 92.2. The van der Waals surface area contributed by atoms with Gasteiger partial charge in [0.1, 0.15) is 58.4 Å². The van der Waals surface area contributed by atoms with Gasteiger partial charge in [0.15, 0.2) is 30.9 Å². The SMILES string of the molecule is C.CC(C)(C)[Si](C)(C)OC[C@H](OS(C)(=O)=O)c1cccc(Cl)c1.CCOC(C)n1nc(-c2ccnc(C)c2)c2cc(-c3cc[nH]c(=O)c3)cnc21.CCOC(C)n1nc(-c2ccnc(C)c2)c2cc(-c3ccn([C@H](CC)c4cccc(Cl)c4)c(=O)c3)cnc21.CCOC(C)n1nc(-c2ccnc(C)c2)c2cc(-c3ccnc(F)c3)cnc21.CCOC(C)n1nc(-c2ccnc(C)c2)c2cc(Br)cnc21.OB(O)c1ccnc(Br)c1. The Balaban J connectivity index is 0.000000163. The van der Waals surface area contributed by atoms with E-state index in [0.717, 1.165) is 157 Å². The number of nitrogens with one attached hydrogen (secondary N) is 1. The van der Waals surface area contributed by atoms with Crippen LogP contribution in [0.4, 0.5) is 4.39 Å². The molecule has 0 amide bonds. The van der Waals surface area contributed by atoms with Crippen LogP contribution in [-0.2, 0) is 37.7 Å². The molecule has 18 aromatic rings. The molecule has 0 aliphatic rings. The van der Waals surface area contributed by atoms with Crippen molar-refractivity contribution in [1.29, 1.82) is 0 Å². The molecular formula is C109H122BBr2Cl2FN20O12SSi. The highest BCUT2D eigenvalue weighted by Gasteiger charge is 2.39. The van der Waals surface area contributed by atoms with Crippen molar-refractivity contribution >= 4 is 130 Å². The summed E-state index contributed by atoms with van der Waals surface area (Å²) in [6.07, 6.45) is 20.7. The third-order valence-corrected chi connectivity index (χ3v) is 30.6. The Morgan fingerprint density at radius 3 is 1.21 bits per heavy atom. The number of hydrogen-bond acceptors (Lipinski definition) is 26. The number of halogens is 5. The summed E-state index contributed by atoms with van der Waals surface area (Å²) in [6, 6.07) is 51.7. The van der Waals surface area contributed by atoms with Crippen molar-refractivity contribution in [1.82, 2.24) is 98.5 Å². The van der Waals surface area contributed by atoms with Crippen LogP contribution in [0.25, 0.3) is 123 Å². The lowest BCUT2D eigenvalue weighted by Gasteiger charge is -2.37. The van der Waals surface area contributed by atoms with Crippen LogP contribution in [0.5, 0.6) is 0 Å². The number of nitrogens with zero attached hydrogens (tertiary/aromatic N) is 19. The highest BCUT2D eigenvalue weighted by atomic mass is 79.9. The summed E-state index contributed by atoms with van der Waals surface area (Å²) in [5.74, 6) is -0.525. The molecule has 0 spiro atoms. The maximum absolute atomic E-state index is 13.6. The Hall–Kier alpha value is -12.9. The van der Waals surface area contributed by atoms with Gasteiger partial charge in [-0.3, -0.25) is 33.7 Å². The molecule has 778 valence electrons. The van der Waals surface area contributed by atoms with Crippen LogP contribution in [0.1, 0.15) is 168 Å². The number of aromatic amines is 1. The van der Waals surface area contributed by atoms with Crippen LogP contribution in [0.15, 0.2) is 263 Å². The van der Waals surface area contributed by atoms with Crippen LogP contribution >= 0.6 is 55.1 Å². The molecule has 0 saturated heterocycles. The number of hydrogen-bond donors (Lipinski definition) is 3. The molecule has 18 rings (SSSR count). The van der Waals surface area contributed by atoms with Gasteiger partial charge in [-0.1, -0.05) is 82.6 Å². The van der Waals surface area contributed by atoms with Crippen molar-refractivity contribution in [2.45, 2.75) is 180 Å². The summed E-state index contributed by atoms with van der Waals surface area (Å²) in [7, 11) is -7.01. The molecule has 149 heavy (non-hydrogen) atoms.